The van der Waals surface area contributed by atoms with E-state index in [9.17, 15) is 17.6 Å². The van der Waals surface area contributed by atoms with Crippen molar-refractivity contribution < 1.29 is 22.3 Å². The van der Waals surface area contributed by atoms with Gasteiger partial charge >= 0.3 is 0 Å². The van der Waals surface area contributed by atoms with Crippen LogP contribution in [0.1, 0.15) is 16.9 Å². The van der Waals surface area contributed by atoms with E-state index in [4.69, 9.17) is 4.74 Å². The second-order valence-corrected chi connectivity index (χ2v) is 9.18. The van der Waals surface area contributed by atoms with Gasteiger partial charge in [0, 0.05) is 30.6 Å². The molecule has 1 aliphatic rings. The molecule has 0 N–H and O–H groups in total. The van der Waals surface area contributed by atoms with Gasteiger partial charge in [0.05, 0.1) is 18.1 Å². The van der Waals surface area contributed by atoms with E-state index in [1.807, 2.05) is 0 Å². The first-order valence-corrected chi connectivity index (χ1v) is 10.8. The number of benzene rings is 1. The topological polar surface area (TPSA) is 76.6 Å². The third-order valence-corrected chi connectivity index (χ3v) is 6.90. The number of thiazole rings is 1. The van der Waals surface area contributed by atoms with Crippen molar-refractivity contribution >= 4 is 27.1 Å². The lowest BCUT2D eigenvalue weighted by Gasteiger charge is -2.27. The number of carbonyl (C=O) groups is 1. The predicted molar refractivity (Wildman–Crippen MR) is 97.5 cm³/mol. The standard InChI is InChI=1S/C17H19FN2O4S2/c1-24-8-7-20(14-6-9-26(22,23)11-14)17(21)15-10-25-16(19-15)12-2-4-13(18)5-3-12/h2-5,10,14H,6-9,11H2,1H3. The highest BCUT2D eigenvalue weighted by molar-refractivity contribution is 7.91. The van der Waals surface area contributed by atoms with Crippen molar-refractivity contribution in [2.75, 3.05) is 31.8 Å². The molecule has 1 atom stereocenters. The van der Waals surface area contributed by atoms with Gasteiger partial charge in [-0.2, -0.15) is 0 Å². The lowest BCUT2D eigenvalue weighted by molar-refractivity contribution is 0.0619. The van der Waals surface area contributed by atoms with E-state index in [0.717, 1.165) is 5.56 Å². The molecule has 1 fully saturated rings. The Balaban J connectivity index is 1.81. The highest BCUT2D eigenvalue weighted by Gasteiger charge is 2.35. The lowest BCUT2D eigenvalue weighted by Crippen LogP contribution is -2.43. The Morgan fingerprint density at radius 1 is 1.38 bits per heavy atom. The van der Waals surface area contributed by atoms with E-state index in [1.54, 1.807) is 17.5 Å². The summed E-state index contributed by atoms with van der Waals surface area (Å²) in [6.45, 7) is 0.621. The second kappa shape index (κ2) is 7.81. The molecule has 9 heteroatoms. The number of halogens is 1. The van der Waals surface area contributed by atoms with Crippen molar-refractivity contribution in [1.29, 1.82) is 0 Å². The minimum atomic E-state index is -3.11. The van der Waals surface area contributed by atoms with Crippen LogP contribution in [-0.4, -0.2) is 62.0 Å². The van der Waals surface area contributed by atoms with Crippen LogP contribution in [0.2, 0.25) is 0 Å². The maximum absolute atomic E-state index is 13.1. The maximum Gasteiger partial charge on any atom is 0.273 e. The van der Waals surface area contributed by atoms with Crippen LogP contribution in [0.25, 0.3) is 10.6 Å². The minimum absolute atomic E-state index is 0.0303. The number of hydrogen-bond donors (Lipinski definition) is 0. The van der Waals surface area contributed by atoms with Gasteiger partial charge in [-0.25, -0.2) is 17.8 Å². The summed E-state index contributed by atoms with van der Waals surface area (Å²) in [6.07, 6.45) is 0.423. The van der Waals surface area contributed by atoms with Gasteiger partial charge in [0.2, 0.25) is 0 Å². The first-order chi connectivity index (χ1) is 12.4. The summed E-state index contributed by atoms with van der Waals surface area (Å²) in [6, 6.07) is 5.53. The molecule has 2 heterocycles. The summed E-state index contributed by atoms with van der Waals surface area (Å²) in [5.74, 6) is -0.590. The Morgan fingerprint density at radius 3 is 2.73 bits per heavy atom. The van der Waals surface area contributed by atoms with Gasteiger partial charge < -0.3 is 9.64 Å². The lowest BCUT2D eigenvalue weighted by atomic mass is 10.2. The zero-order chi connectivity index (χ0) is 18.7. The summed E-state index contributed by atoms with van der Waals surface area (Å²) in [7, 11) is -1.58. The van der Waals surface area contributed by atoms with Gasteiger partial charge in [-0.1, -0.05) is 0 Å². The quantitative estimate of drug-likeness (QED) is 0.746. The maximum atomic E-state index is 13.1. The number of aromatic nitrogens is 1. The Bertz CT molecular complexity index is 880. The molecule has 3 rings (SSSR count). The van der Waals surface area contributed by atoms with Crippen LogP contribution in [0.15, 0.2) is 29.6 Å². The highest BCUT2D eigenvalue weighted by Crippen LogP contribution is 2.26. The molecule has 1 unspecified atom stereocenters. The largest absolute Gasteiger partial charge is 0.383 e. The summed E-state index contributed by atoms with van der Waals surface area (Å²) in [4.78, 5) is 18.8. The molecule has 2 aromatic rings. The number of sulfone groups is 1. The number of methoxy groups -OCH3 is 1. The smallest absolute Gasteiger partial charge is 0.273 e. The van der Waals surface area contributed by atoms with E-state index < -0.39 is 9.84 Å². The van der Waals surface area contributed by atoms with Crippen LogP contribution in [0.4, 0.5) is 4.39 Å². The summed E-state index contributed by atoms with van der Waals surface area (Å²) in [5, 5.41) is 2.25. The molecule has 6 nitrogen and oxygen atoms in total. The molecule has 0 aliphatic carbocycles. The fourth-order valence-electron chi connectivity index (χ4n) is 2.90. The van der Waals surface area contributed by atoms with E-state index in [1.165, 1.54) is 35.5 Å². The zero-order valence-electron chi connectivity index (χ0n) is 14.2. The summed E-state index contributed by atoms with van der Waals surface area (Å²) in [5.41, 5.74) is 0.983. The Hall–Kier alpha value is -1.84. The molecule has 0 spiro atoms. The molecule has 0 bridgehead atoms. The molecule has 140 valence electrons. The monoisotopic (exact) mass is 398 g/mol. The van der Waals surface area contributed by atoms with Crippen LogP contribution >= 0.6 is 11.3 Å². The Kier molecular flexibility index (Phi) is 5.69. The third-order valence-electron chi connectivity index (χ3n) is 4.26. The highest BCUT2D eigenvalue weighted by atomic mass is 32.2. The van der Waals surface area contributed by atoms with E-state index in [2.05, 4.69) is 4.98 Å². The Labute approximate surface area is 155 Å². The molecular weight excluding hydrogens is 379 g/mol. The van der Waals surface area contributed by atoms with Crippen molar-refractivity contribution in [1.82, 2.24) is 9.88 Å². The number of nitrogens with zero attached hydrogens (tertiary/aromatic N) is 2. The van der Waals surface area contributed by atoms with Crippen molar-refractivity contribution in [3.05, 3.63) is 41.2 Å². The van der Waals surface area contributed by atoms with Crippen LogP contribution < -0.4 is 0 Å². The fraction of sp³-hybridized carbons (Fsp3) is 0.412. The Morgan fingerprint density at radius 2 is 2.12 bits per heavy atom. The van der Waals surface area contributed by atoms with Crippen LogP contribution in [0, 0.1) is 5.82 Å². The van der Waals surface area contributed by atoms with Crippen LogP contribution in [0.5, 0.6) is 0 Å². The molecule has 0 radical (unpaired) electrons. The third kappa shape index (κ3) is 4.28. The van der Waals surface area contributed by atoms with E-state index in [0.29, 0.717) is 24.6 Å². The van der Waals surface area contributed by atoms with E-state index >= 15 is 0 Å². The van der Waals surface area contributed by atoms with Gasteiger partial charge in [0.15, 0.2) is 9.84 Å². The molecule has 1 aromatic carbocycles. The average Bonchev–Trinajstić information content (AvgIpc) is 3.23. The molecule has 1 aliphatic heterocycles. The van der Waals surface area contributed by atoms with E-state index in [-0.39, 0.29) is 35.0 Å². The van der Waals surface area contributed by atoms with Crippen molar-refractivity contribution in [2.45, 2.75) is 12.5 Å². The van der Waals surface area contributed by atoms with Crippen LogP contribution in [0.3, 0.4) is 0 Å². The molecule has 26 heavy (non-hydrogen) atoms. The zero-order valence-corrected chi connectivity index (χ0v) is 15.9. The van der Waals surface area contributed by atoms with Gasteiger partial charge in [0.25, 0.3) is 5.91 Å². The van der Waals surface area contributed by atoms with Gasteiger partial charge in [-0.3, -0.25) is 4.79 Å². The summed E-state index contributed by atoms with van der Waals surface area (Å²) < 4.78 is 41.7. The number of hydrogen-bond acceptors (Lipinski definition) is 6. The molecule has 1 saturated heterocycles. The first-order valence-electron chi connectivity index (χ1n) is 8.11. The number of carbonyl (C=O) groups excluding carboxylic acids is 1. The molecule has 1 aromatic heterocycles. The summed E-state index contributed by atoms with van der Waals surface area (Å²) >= 11 is 1.29. The normalized spacial score (nSPS) is 18.8. The van der Waals surface area contributed by atoms with Crippen molar-refractivity contribution in [3.8, 4) is 10.6 Å². The molecular formula is C17H19FN2O4S2. The average molecular weight is 398 g/mol. The van der Waals surface area contributed by atoms with Gasteiger partial charge in [0.1, 0.15) is 16.5 Å². The number of rotatable bonds is 6. The minimum Gasteiger partial charge on any atom is -0.383 e. The van der Waals surface area contributed by atoms with Gasteiger partial charge in [-0.05, 0) is 30.7 Å². The SMILES string of the molecule is COCCN(C(=O)c1csc(-c2ccc(F)cc2)n1)C1CCS(=O)(=O)C1. The van der Waals surface area contributed by atoms with Crippen LogP contribution in [-0.2, 0) is 14.6 Å². The van der Waals surface area contributed by atoms with Crippen molar-refractivity contribution in [2.24, 2.45) is 0 Å². The predicted octanol–water partition coefficient (Wildman–Crippen LogP) is 2.22. The molecule has 0 saturated carbocycles. The first kappa shape index (κ1) is 18.9. The second-order valence-electron chi connectivity index (χ2n) is 6.09. The fourth-order valence-corrected chi connectivity index (χ4v) is 5.44. The number of amides is 1. The van der Waals surface area contributed by atoms with Gasteiger partial charge in [-0.15, -0.1) is 11.3 Å². The molecule has 1 amide bonds. The van der Waals surface area contributed by atoms with Crippen molar-refractivity contribution in [3.63, 3.8) is 0 Å². The number of ether oxygens (including phenoxy) is 1.